The molecule has 98 valence electrons. The second-order valence-corrected chi connectivity index (χ2v) is 5.16. The lowest BCUT2D eigenvalue weighted by molar-refractivity contribution is -0.136. The lowest BCUT2D eigenvalue weighted by Crippen LogP contribution is -2.38. The van der Waals surface area contributed by atoms with E-state index in [1.807, 2.05) is 0 Å². The van der Waals surface area contributed by atoms with Crippen LogP contribution in [0.25, 0.3) is 0 Å². The first-order valence-electron chi connectivity index (χ1n) is 5.85. The second kappa shape index (κ2) is 5.39. The molecule has 0 radical (unpaired) electrons. The summed E-state index contributed by atoms with van der Waals surface area (Å²) in [6.45, 7) is 3.27. The molecule has 5 nitrogen and oxygen atoms in total. The van der Waals surface area contributed by atoms with E-state index in [1.54, 1.807) is 17.2 Å². The fraction of sp³-hybridized carbons (Fsp3) is 0.500. The molecular formula is C12H15NO4S. The van der Waals surface area contributed by atoms with Crippen LogP contribution in [0.15, 0.2) is 11.4 Å². The van der Waals surface area contributed by atoms with Gasteiger partial charge in [0.1, 0.15) is 10.6 Å². The van der Waals surface area contributed by atoms with Crippen LogP contribution in [0.4, 0.5) is 0 Å². The molecular weight excluding hydrogens is 254 g/mol. The van der Waals surface area contributed by atoms with Gasteiger partial charge in [-0.2, -0.15) is 0 Å². The number of nitrogens with zero attached hydrogens (tertiary/aromatic N) is 1. The largest absolute Gasteiger partial charge is 0.480 e. The van der Waals surface area contributed by atoms with Gasteiger partial charge in [-0.3, -0.25) is 4.79 Å². The minimum Gasteiger partial charge on any atom is -0.480 e. The van der Waals surface area contributed by atoms with Crippen LogP contribution < -0.4 is 4.74 Å². The second-order valence-electron chi connectivity index (χ2n) is 4.24. The Morgan fingerprint density at radius 1 is 1.44 bits per heavy atom. The first-order chi connectivity index (χ1) is 8.58. The van der Waals surface area contributed by atoms with Crippen molar-refractivity contribution in [3.63, 3.8) is 0 Å². The standard InChI is InChI=1S/C12H15NO4S/c1-8(11(14)13-4-2-3-5-13)17-9-6-10(12(15)16)18-7-9/h6-8H,2-5H2,1H3,(H,15,16). The van der Waals surface area contributed by atoms with Gasteiger partial charge in [0.2, 0.25) is 0 Å². The zero-order chi connectivity index (χ0) is 13.1. The molecule has 18 heavy (non-hydrogen) atoms. The number of hydrogen-bond acceptors (Lipinski definition) is 4. The van der Waals surface area contributed by atoms with Crippen molar-refractivity contribution in [1.82, 2.24) is 4.90 Å². The van der Waals surface area contributed by atoms with Gasteiger partial charge in [-0.1, -0.05) is 0 Å². The van der Waals surface area contributed by atoms with Crippen molar-refractivity contribution in [2.75, 3.05) is 13.1 Å². The Labute approximate surface area is 109 Å². The van der Waals surface area contributed by atoms with E-state index in [1.165, 1.54) is 6.07 Å². The summed E-state index contributed by atoms with van der Waals surface area (Å²) in [5.41, 5.74) is 0. The van der Waals surface area contributed by atoms with Gasteiger partial charge < -0.3 is 14.7 Å². The van der Waals surface area contributed by atoms with E-state index in [0.717, 1.165) is 37.3 Å². The van der Waals surface area contributed by atoms with Crippen LogP contribution in [0.1, 0.15) is 29.4 Å². The Bertz CT molecular complexity index is 451. The van der Waals surface area contributed by atoms with Gasteiger partial charge in [-0.15, -0.1) is 11.3 Å². The van der Waals surface area contributed by atoms with Crippen LogP contribution in [0, 0.1) is 0 Å². The van der Waals surface area contributed by atoms with Crippen molar-refractivity contribution < 1.29 is 19.4 Å². The summed E-state index contributed by atoms with van der Waals surface area (Å²) in [6, 6.07) is 1.45. The third-order valence-electron chi connectivity index (χ3n) is 2.86. The molecule has 1 N–H and O–H groups in total. The summed E-state index contributed by atoms with van der Waals surface area (Å²) in [5, 5.41) is 10.4. The van der Waals surface area contributed by atoms with E-state index in [2.05, 4.69) is 0 Å². The van der Waals surface area contributed by atoms with Crippen molar-refractivity contribution in [3.8, 4) is 5.75 Å². The Balaban J connectivity index is 1.95. The van der Waals surface area contributed by atoms with E-state index in [4.69, 9.17) is 9.84 Å². The predicted molar refractivity (Wildman–Crippen MR) is 67.2 cm³/mol. The summed E-state index contributed by atoms with van der Waals surface area (Å²) in [6.07, 6.45) is 1.51. The first kappa shape index (κ1) is 12.9. The molecule has 1 aliphatic rings. The van der Waals surface area contributed by atoms with Crippen molar-refractivity contribution >= 4 is 23.2 Å². The van der Waals surface area contributed by atoms with Crippen LogP contribution in [-0.4, -0.2) is 41.1 Å². The molecule has 6 heteroatoms. The molecule has 1 aliphatic heterocycles. The average Bonchev–Trinajstić information content (AvgIpc) is 2.98. The fourth-order valence-corrected chi connectivity index (χ4v) is 2.59. The number of aromatic carboxylic acids is 1. The van der Waals surface area contributed by atoms with Gasteiger partial charge in [-0.05, 0) is 19.8 Å². The third kappa shape index (κ3) is 2.81. The average molecular weight is 269 g/mol. The van der Waals surface area contributed by atoms with Crippen molar-refractivity contribution in [3.05, 3.63) is 16.3 Å². The maximum Gasteiger partial charge on any atom is 0.346 e. The molecule has 0 saturated carbocycles. The molecule has 0 aromatic carbocycles. The predicted octanol–water partition coefficient (Wildman–Crippen LogP) is 1.84. The highest BCUT2D eigenvalue weighted by atomic mass is 32.1. The third-order valence-corrected chi connectivity index (χ3v) is 3.76. The van der Waals surface area contributed by atoms with Gasteiger partial charge in [-0.25, -0.2) is 4.79 Å². The minimum absolute atomic E-state index is 0.0319. The maximum atomic E-state index is 12.0. The molecule has 2 rings (SSSR count). The zero-order valence-electron chi connectivity index (χ0n) is 10.1. The van der Waals surface area contributed by atoms with E-state index >= 15 is 0 Å². The van der Waals surface area contributed by atoms with Crippen molar-refractivity contribution in [2.24, 2.45) is 0 Å². The summed E-state index contributed by atoms with van der Waals surface area (Å²) < 4.78 is 5.48. The molecule has 2 heterocycles. The highest BCUT2D eigenvalue weighted by Gasteiger charge is 2.24. The van der Waals surface area contributed by atoms with Crippen LogP contribution in [-0.2, 0) is 4.79 Å². The van der Waals surface area contributed by atoms with E-state index in [9.17, 15) is 9.59 Å². The summed E-state index contributed by atoms with van der Waals surface area (Å²) in [5.74, 6) is -0.568. The molecule has 1 atom stereocenters. The first-order valence-corrected chi connectivity index (χ1v) is 6.73. The Morgan fingerprint density at radius 3 is 2.67 bits per heavy atom. The molecule has 0 spiro atoms. The number of thiophene rings is 1. The van der Waals surface area contributed by atoms with Gasteiger partial charge in [0, 0.05) is 24.5 Å². The SMILES string of the molecule is CC(Oc1csc(C(=O)O)c1)C(=O)N1CCCC1. The number of carboxylic acid groups (broad SMARTS) is 1. The molecule has 0 bridgehead atoms. The van der Waals surface area contributed by atoms with Gasteiger partial charge in [0.05, 0.1) is 0 Å². The topological polar surface area (TPSA) is 66.8 Å². The smallest absolute Gasteiger partial charge is 0.346 e. The monoisotopic (exact) mass is 269 g/mol. The van der Waals surface area contributed by atoms with Crippen LogP contribution in [0.3, 0.4) is 0 Å². The lowest BCUT2D eigenvalue weighted by atomic mass is 10.3. The van der Waals surface area contributed by atoms with Gasteiger partial charge in [0.25, 0.3) is 5.91 Å². The number of carbonyl (C=O) groups is 2. The zero-order valence-corrected chi connectivity index (χ0v) is 10.9. The highest BCUT2D eigenvalue weighted by molar-refractivity contribution is 7.12. The number of carboxylic acids is 1. The van der Waals surface area contributed by atoms with Gasteiger partial charge in [0.15, 0.2) is 6.10 Å². The number of rotatable bonds is 4. The molecule has 0 aliphatic carbocycles. The lowest BCUT2D eigenvalue weighted by Gasteiger charge is -2.20. The van der Waals surface area contributed by atoms with Crippen molar-refractivity contribution in [1.29, 1.82) is 0 Å². The Kier molecular flexibility index (Phi) is 3.86. The van der Waals surface area contributed by atoms with Crippen LogP contribution >= 0.6 is 11.3 Å². The summed E-state index contributed by atoms with van der Waals surface area (Å²) in [7, 11) is 0. The van der Waals surface area contributed by atoms with Crippen molar-refractivity contribution in [2.45, 2.75) is 25.9 Å². The fourth-order valence-electron chi connectivity index (χ4n) is 1.94. The van der Waals surface area contributed by atoms with Gasteiger partial charge >= 0.3 is 5.97 Å². The molecule has 1 aromatic rings. The normalized spacial score (nSPS) is 16.6. The molecule has 1 amide bonds. The number of amides is 1. The minimum atomic E-state index is -0.978. The van der Waals surface area contributed by atoms with Crippen LogP contribution in [0.2, 0.25) is 0 Å². The Hall–Kier alpha value is -1.56. The summed E-state index contributed by atoms with van der Waals surface area (Å²) >= 11 is 1.09. The molecule has 1 unspecified atom stereocenters. The summed E-state index contributed by atoms with van der Waals surface area (Å²) in [4.78, 5) is 24.7. The maximum absolute atomic E-state index is 12.0. The molecule has 1 fully saturated rings. The number of ether oxygens (including phenoxy) is 1. The van der Waals surface area contributed by atoms with E-state index in [-0.39, 0.29) is 10.8 Å². The number of carbonyl (C=O) groups excluding carboxylic acids is 1. The highest BCUT2D eigenvalue weighted by Crippen LogP contribution is 2.23. The molecule has 1 saturated heterocycles. The number of hydrogen-bond donors (Lipinski definition) is 1. The molecule has 1 aromatic heterocycles. The number of likely N-dealkylation sites (tertiary alicyclic amines) is 1. The van der Waals surface area contributed by atoms with Crippen LogP contribution in [0.5, 0.6) is 5.75 Å². The van der Waals surface area contributed by atoms with E-state index in [0.29, 0.717) is 5.75 Å². The Morgan fingerprint density at radius 2 is 2.11 bits per heavy atom. The van der Waals surface area contributed by atoms with E-state index < -0.39 is 12.1 Å². The quantitative estimate of drug-likeness (QED) is 0.905.